The van der Waals surface area contributed by atoms with Crippen molar-refractivity contribution in [2.75, 3.05) is 0 Å². The summed E-state index contributed by atoms with van der Waals surface area (Å²) in [5.41, 5.74) is 9.23. The maximum atomic E-state index is 13.0. The van der Waals surface area contributed by atoms with Crippen LogP contribution in [0.4, 0.5) is 8.78 Å². The molecule has 3 nitrogen and oxygen atoms in total. The number of benzene rings is 1. The largest absolute Gasteiger partial charge is 0.368 e. The molecular weight excluding hydrogens is 214 g/mol. The molecule has 1 aromatic carbocycles. The van der Waals surface area contributed by atoms with Crippen LogP contribution in [0.1, 0.15) is 12.0 Å². The fraction of sp³-hybridized carbons (Fsp3) is 0.182. The third-order valence-electron chi connectivity index (χ3n) is 2.28. The Balaban J connectivity index is 3.31. The zero-order chi connectivity index (χ0) is 12.3. The molecule has 0 saturated carbocycles. The van der Waals surface area contributed by atoms with E-state index in [9.17, 15) is 13.6 Å². The standard InChI is InChI=1S/C11H12F2N2O/c1-2-3-11(15,10(14)16)7-4-8(12)6-9(13)5-7/h2,4-6H,1,3,15H2,(H2,14,16). The van der Waals surface area contributed by atoms with Gasteiger partial charge in [-0.05, 0) is 24.1 Å². The third-order valence-corrected chi connectivity index (χ3v) is 2.28. The molecule has 0 heterocycles. The van der Waals surface area contributed by atoms with Crippen LogP contribution in [0.5, 0.6) is 0 Å². The Bertz CT molecular complexity index is 414. The van der Waals surface area contributed by atoms with Crippen molar-refractivity contribution in [1.82, 2.24) is 0 Å². The van der Waals surface area contributed by atoms with Crippen molar-refractivity contribution in [1.29, 1.82) is 0 Å². The molecule has 0 saturated heterocycles. The summed E-state index contributed by atoms with van der Waals surface area (Å²) in [6, 6.07) is 2.66. The molecule has 1 rings (SSSR count). The fourth-order valence-corrected chi connectivity index (χ4v) is 1.40. The van der Waals surface area contributed by atoms with Crippen LogP contribution in [0.3, 0.4) is 0 Å². The predicted molar refractivity (Wildman–Crippen MR) is 56.2 cm³/mol. The van der Waals surface area contributed by atoms with Gasteiger partial charge < -0.3 is 11.5 Å². The van der Waals surface area contributed by atoms with E-state index < -0.39 is 23.1 Å². The topological polar surface area (TPSA) is 69.1 Å². The van der Waals surface area contributed by atoms with Crippen molar-refractivity contribution in [3.8, 4) is 0 Å². The molecule has 0 bridgehead atoms. The van der Waals surface area contributed by atoms with Crippen molar-refractivity contribution in [2.45, 2.75) is 12.0 Å². The van der Waals surface area contributed by atoms with Crippen LogP contribution in [0, 0.1) is 11.6 Å². The summed E-state index contributed by atoms with van der Waals surface area (Å²) in [6.45, 7) is 3.42. The van der Waals surface area contributed by atoms with Crippen LogP contribution in [0.15, 0.2) is 30.9 Å². The van der Waals surface area contributed by atoms with Gasteiger partial charge >= 0.3 is 0 Å². The molecule has 0 aliphatic carbocycles. The minimum absolute atomic E-state index is 0.00241. The Labute approximate surface area is 91.7 Å². The number of carbonyl (C=O) groups excluding carboxylic acids is 1. The lowest BCUT2D eigenvalue weighted by Crippen LogP contribution is -2.48. The van der Waals surface area contributed by atoms with E-state index in [0.717, 1.165) is 12.1 Å². The molecule has 0 aromatic heterocycles. The van der Waals surface area contributed by atoms with Crippen LogP contribution in [-0.4, -0.2) is 5.91 Å². The fourth-order valence-electron chi connectivity index (χ4n) is 1.40. The van der Waals surface area contributed by atoms with Gasteiger partial charge in [0.1, 0.15) is 17.2 Å². The van der Waals surface area contributed by atoms with E-state index in [-0.39, 0.29) is 12.0 Å². The second-order valence-electron chi connectivity index (χ2n) is 3.49. The minimum atomic E-state index is -1.63. The van der Waals surface area contributed by atoms with E-state index in [1.807, 2.05) is 0 Å². The average molecular weight is 226 g/mol. The zero-order valence-corrected chi connectivity index (χ0v) is 8.54. The van der Waals surface area contributed by atoms with Gasteiger partial charge in [-0.2, -0.15) is 0 Å². The van der Waals surface area contributed by atoms with Crippen LogP contribution in [0.2, 0.25) is 0 Å². The highest BCUT2D eigenvalue weighted by molar-refractivity contribution is 5.86. The van der Waals surface area contributed by atoms with Crippen LogP contribution in [0.25, 0.3) is 0 Å². The number of primary amides is 1. The van der Waals surface area contributed by atoms with Gasteiger partial charge in [-0.3, -0.25) is 4.79 Å². The summed E-state index contributed by atoms with van der Waals surface area (Å²) in [5.74, 6) is -2.48. The second-order valence-corrected chi connectivity index (χ2v) is 3.49. The zero-order valence-electron chi connectivity index (χ0n) is 8.54. The summed E-state index contributed by atoms with van der Waals surface area (Å²) in [6.07, 6.45) is 1.37. The highest BCUT2D eigenvalue weighted by atomic mass is 19.1. The van der Waals surface area contributed by atoms with E-state index in [2.05, 4.69) is 6.58 Å². The number of hydrogen-bond donors (Lipinski definition) is 2. The van der Waals surface area contributed by atoms with Crippen molar-refractivity contribution in [3.05, 3.63) is 48.1 Å². The Morgan fingerprint density at radius 3 is 2.25 bits per heavy atom. The molecule has 5 heteroatoms. The quantitative estimate of drug-likeness (QED) is 0.757. The number of carbonyl (C=O) groups is 1. The van der Waals surface area contributed by atoms with Crippen molar-refractivity contribution in [3.63, 3.8) is 0 Å². The lowest BCUT2D eigenvalue weighted by Gasteiger charge is -2.25. The molecule has 0 spiro atoms. The molecule has 0 aliphatic heterocycles. The van der Waals surface area contributed by atoms with Gasteiger partial charge in [0.2, 0.25) is 5.91 Å². The SMILES string of the molecule is C=CCC(N)(C(N)=O)c1cc(F)cc(F)c1. The molecular formula is C11H12F2N2O. The number of hydrogen-bond acceptors (Lipinski definition) is 2. The molecule has 1 amide bonds. The van der Waals surface area contributed by atoms with Gasteiger partial charge in [-0.15, -0.1) is 6.58 Å². The van der Waals surface area contributed by atoms with Gasteiger partial charge in [-0.1, -0.05) is 6.08 Å². The normalized spacial score (nSPS) is 14.2. The first-order valence-electron chi connectivity index (χ1n) is 4.56. The minimum Gasteiger partial charge on any atom is -0.368 e. The van der Waals surface area contributed by atoms with Crippen LogP contribution >= 0.6 is 0 Å². The van der Waals surface area contributed by atoms with E-state index in [4.69, 9.17) is 11.5 Å². The molecule has 16 heavy (non-hydrogen) atoms. The number of nitrogens with two attached hydrogens (primary N) is 2. The first-order valence-corrected chi connectivity index (χ1v) is 4.56. The Morgan fingerprint density at radius 2 is 1.88 bits per heavy atom. The summed E-state index contributed by atoms with van der Waals surface area (Å²) >= 11 is 0. The summed E-state index contributed by atoms with van der Waals surface area (Å²) in [4.78, 5) is 11.2. The van der Waals surface area contributed by atoms with Crippen molar-refractivity contribution in [2.24, 2.45) is 11.5 Å². The first kappa shape index (κ1) is 12.3. The lowest BCUT2D eigenvalue weighted by atomic mass is 9.87. The lowest BCUT2D eigenvalue weighted by molar-refractivity contribution is -0.123. The average Bonchev–Trinajstić information content (AvgIpc) is 2.16. The predicted octanol–water partition coefficient (Wildman–Crippen LogP) is 1.18. The molecule has 0 fully saturated rings. The Kier molecular flexibility index (Phi) is 3.39. The number of halogens is 2. The summed E-state index contributed by atoms with van der Waals surface area (Å²) < 4.78 is 26.0. The number of amides is 1. The first-order chi connectivity index (χ1) is 7.40. The molecule has 1 aromatic rings. The maximum Gasteiger partial charge on any atom is 0.242 e. The molecule has 1 unspecified atom stereocenters. The highest BCUT2D eigenvalue weighted by Crippen LogP contribution is 2.24. The highest BCUT2D eigenvalue weighted by Gasteiger charge is 2.33. The van der Waals surface area contributed by atoms with Crippen LogP contribution < -0.4 is 11.5 Å². The molecule has 1 atom stereocenters. The maximum absolute atomic E-state index is 13.0. The van der Waals surface area contributed by atoms with Crippen molar-refractivity contribution < 1.29 is 13.6 Å². The van der Waals surface area contributed by atoms with Crippen molar-refractivity contribution >= 4 is 5.91 Å². The van der Waals surface area contributed by atoms with Gasteiger partial charge in [0, 0.05) is 6.07 Å². The summed E-state index contributed by atoms with van der Waals surface area (Å²) in [5, 5.41) is 0. The Morgan fingerprint density at radius 1 is 1.38 bits per heavy atom. The van der Waals surface area contributed by atoms with E-state index >= 15 is 0 Å². The van der Waals surface area contributed by atoms with Crippen LogP contribution in [-0.2, 0) is 10.3 Å². The smallest absolute Gasteiger partial charge is 0.242 e. The second kappa shape index (κ2) is 4.40. The third kappa shape index (κ3) is 2.25. The van der Waals surface area contributed by atoms with Gasteiger partial charge in [0.25, 0.3) is 0 Å². The van der Waals surface area contributed by atoms with E-state index in [0.29, 0.717) is 6.07 Å². The molecule has 4 N–H and O–H groups in total. The monoisotopic (exact) mass is 226 g/mol. The molecule has 86 valence electrons. The molecule has 0 aliphatic rings. The van der Waals surface area contributed by atoms with E-state index in [1.165, 1.54) is 6.08 Å². The number of rotatable bonds is 4. The van der Waals surface area contributed by atoms with Gasteiger partial charge in [-0.25, -0.2) is 8.78 Å². The van der Waals surface area contributed by atoms with E-state index in [1.54, 1.807) is 0 Å². The Hall–Kier alpha value is -1.75. The summed E-state index contributed by atoms with van der Waals surface area (Å²) in [7, 11) is 0. The van der Waals surface area contributed by atoms with Gasteiger partial charge in [0.15, 0.2) is 0 Å². The van der Waals surface area contributed by atoms with Gasteiger partial charge in [0.05, 0.1) is 0 Å². The molecule has 0 radical (unpaired) electrons.